The van der Waals surface area contributed by atoms with Crippen molar-refractivity contribution in [2.45, 2.75) is 38.1 Å². The first-order valence-electron chi connectivity index (χ1n) is 12.6. The number of rotatable bonds is 8. The van der Waals surface area contributed by atoms with Crippen LogP contribution in [-0.4, -0.2) is 13.1 Å². The molecule has 2 atom stereocenters. The summed E-state index contributed by atoms with van der Waals surface area (Å²) >= 11 is 6.19. The zero-order valence-corrected chi connectivity index (χ0v) is 21.2. The summed E-state index contributed by atoms with van der Waals surface area (Å²) in [4.78, 5) is 2.49. The summed E-state index contributed by atoms with van der Waals surface area (Å²) in [6, 6.07) is 39.8. The van der Waals surface area contributed by atoms with Crippen LogP contribution in [0.25, 0.3) is 21.5 Å². The van der Waals surface area contributed by atoms with Gasteiger partial charge in [0.05, 0.1) is 0 Å². The predicted octanol–water partition coefficient (Wildman–Crippen LogP) is 9.28. The smallest absolute Gasteiger partial charge is 0.0406 e. The molecule has 176 valence electrons. The fraction of sp³-hybridized carbons (Fsp3) is 0.212. The molecule has 0 N–H and O–H groups in total. The van der Waals surface area contributed by atoms with E-state index in [4.69, 9.17) is 11.6 Å². The fourth-order valence-electron chi connectivity index (χ4n) is 5.22. The molecule has 0 saturated carbocycles. The van der Waals surface area contributed by atoms with Crippen LogP contribution in [-0.2, 0) is 6.42 Å². The fourth-order valence-corrected chi connectivity index (χ4v) is 5.35. The molecule has 0 spiro atoms. The van der Waals surface area contributed by atoms with Crippen molar-refractivity contribution in [2.24, 2.45) is 0 Å². The number of hydrogen-bond acceptors (Lipinski definition) is 1. The Kier molecular flexibility index (Phi) is 7.06. The summed E-state index contributed by atoms with van der Waals surface area (Å²) in [6.45, 7) is 2.29. The van der Waals surface area contributed by atoms with Gasteiger partial charge in [-0.15, -0.1) is 0 Å². The third-order valence-electron chi connectivity index (χ3n) is 7.36. The van der Waals surface area contributed by atoms with Crippen LogP contribution in [0.5, 0.6) is 0 Å². The molecule has 0 saturated heterocycles. The van der Waals surface area contributed by atoms with Gasteiger partial charge in [-0.25, -0.2) is 0 Å². The van der Waals surface area contributed by atoms with E-state index in [0.29, 0.717) is 12.0 Å². The van der Waals surface area contributed by atoms with Crippen LogP contribution in [0.15, 0.2) is 109 Å². The van der Waals surface area contributed by atoms with Gasteiger partial charge in [0.15, 0.2) is 0 Å². The molecule has 0 heterocycles. The molecule has 0 bridgehead atoms. The molecule has 0 aromatic heterocycles. The van der Waals surface area contributed by atoms with E-state index < -0.39 is 0 Å². The normalized spacial score (nSPS) is 13.1. The Morgan fingerprint density at radius 3 is 1.94 bits per heavy atom. The van der Waals surface area contributed by atoms with Crippen molar-refractivity contribution in [2.75, 3.05) is 11.9 Å². The largest absolute Gasteiger partial charge is 0.371 e. The molecular weight excluding hydrogens is 446 g/mol. The van der Waals surface area contributed by atoms with Crippen LogP contribution in [0.3, 0.4) is 0 Å². The highest BCUT2D eigenvalue weighted by molar-refractivity contribution is 6.30. The number of halogens is 1. The predicted molar refractivity (Wildman–Crippen MR) is 153 cm³/mol. The van der Waals surface area contributed by atoms with Crippen LogP contribution in [0, 0.1) is 0 Å². The van der Waals surface area contributed by atoms with E-state index in [9.17, 15) is 0 Å². The molecule has 0 aliphatic heterocycles. The van der Waals surface area contributed by atoms with Crippen LogP contribution >= 0.6 is 11.6 Å². The lowest BCUT2D eigenvalue weighted by Crippen LogP contribution is -2.35. The Bertz CT molecular complexity index is 1420. The number of fused-ring (bicyclic) bond motifs is 2. The van der Waals surface area contributed by atoms with Crippen molar-refractivity contribution in [3.8, 4) is 0 Å². The van der Waals surface area contributed by atoms with Gasteiger partial charge in [0.1, 0.15) is 0 Å². The topological polar surface area (TPSA) is 3.24 Å². The molecule has 5 aromatic carbocycles. The van der Waals surface area contributed by atoms with E-state index in [1.165, 1.54) is 38.4 Å². The lowest BCUT2D eigenvalue weighted by molar-refractivity contribution is 0.495. The molecule has 0 aliphatic rings. The van der Waals surface area contributed by atoms with E-state index in [2.05, 4.69) is 116 Å². The summed E-state index contributed by atoms with van der Waals surface area (Å²) in [5.74, 6) is 0.473. The lowest BCUT2D eigenvalue weighted by atomic mass is 9.87. The van der Waals surface area contributed by atoms with Gasteiger partial charge in [0.25, 0.3) is 0 Å². The second kappa shape index (κ2) is 10.5. The van der Waals surface area contributed by atoms with E-state index in [-0.39, 0.29) is 0 Å². The molecular formula is C33H32ClN. The second-order valence-corrected chi connectivity index (χ2v) is 10.0. The molecule has 2 heteroatoms. The summed E-state index contributed by atoms with van der Waals surface area (Å²) in [6.07, 6.45) is 3.17. The van der Waals surface area contributed by atoms with Gasteiger partial charge in [-0.1, -0.05) is 103 Å². The Hall–Kier alpha value is -3.29. The van der Waals surface area contributed by atoms with Crippen molar-refractivity contribution in [1.82, 2.24) is 0 Å². The summed E-state index contributed by atoms with van der Waals surface area (Å²) in [7, 11) is 2.25. The number of hydrogen-bond donors (Lipinski definition) is 0. The van der Waals surface area contributed by atoms with E-state index in [1.54, 1.807) is 0 Å². The quantitative estimate of drug-likeness (QED) is 0.215. The number of nitrogens with zero attached hydrogens (tertiary/aromatic N) is 1. The van der Waals surface area contributed by atoms with Crippen LogP contribution < -0.4 is 4.90 Å². The van der Waals surface area contributed by atoms with Crippen molar-refractivity contribution >= 4 is 38.8 Å². The minimum Gasteiger partial charge on any atom is -0.371 e. The molecule has 2 unspecified atom stereocenters. The molecule has 35 heavy (non-hydrogen) atoms. The van der Waals surface area contributed by atoms with Crippen molar-refractivity contribution in [3.63, 3.8) is 0 Å². The van der Waals surface area contributed by atoms with Crippen LogP contribution in [0.2, 0.25) is 5.02 Å². The monoisotopic (exact) mass is 477 g/mol. The first kappa shape index (κ1) is 23.5. The minimum atomic E-state index is 0.359. The highest BCUT2D eigenvalue weighted by Gasteiger charge is 2.22. The Balaban J connectivity index is 1.48. The third-order valence-corrected chi connectivity index (χ3v) is 7.62. The first-order valence-corrected chi connectivity index (χ1v) is 12.9. The van der Waals surface area contributed by atoms with Gasteiger partial charge in [-0.3, -0.25) is 0 Å². The highest BCUT2D eigenvalue weighted by atomic mass is 35.5. The van der Waals surface area contributed by atoms with E-state index in [0.717, 1.165) is 24.3 Å². The van der Waals surface area contributed by atoms with Crippen molar-refractivity contribution in [3.05, 3.63) is 125 Å². The van der Waals surface area contributed by atoms with Gasteiger partial charge in [0, 0.05) is 23.8 Å². The Morgan fingerprint density at radius 1 is 0.686 bits per heavy atom. The Morgan fingerprint density at radius 2 is 1.29 bits per heavy atom. The number of benzene rings is 5. The maximum atomic E-state index is 6.19. The van der Waals surface area contributed by atoms with Crippen LogP contribution in [0.1, 0.15) is 36.8 Å². The summed E-state index contributed by atoms with van der Waals surface area (Å²) < 4.78 is 0. The lowest BCUT2D eigenvalue weighted by Gasteiger charge is -2.33. The summed E-state index contributed by atoms with van der Waals surface area (Å²) in [5, 5.41) is 5.96. The van der Waals surface area contributed by atoms with Crippen molar-refractivity contribution < 1.29 is 0 Å². The summed E-state index contributed by atoms with van der Waals surface area (Å²) in [5.41, 5.74) is 4.01. The molecule has 1 nitrogen and oxygen atoms in total. The molecule has 0 aliphatic carbocycles. The Labute approximate surface area is 214 Å². The standard InChI is InChI=1S/C33H32ClN/c1-3-25(28-14-17-31(34)18-15-28)22-33(21-24-12-13-26-8-4-6-10-29(26)20-24)35(2)32-19-16-27-9-5-7-11-30(27)23-32/h4-20,23,25,33H,3,21-22H2,1-2H3. The van der Waals surface area contributed by atoms with E-state index >= 15 is 0 Å². The van der Waals surface area contributed by atoms with Gasteiger partial charge in [-0.05, 0) is 82.1 Å². The number of likely N-dealkylation sites (N-methyl/N-ethyl adjacent to an activating group) is 1. The maximum absolute atomic E-state index is 6.19. The maximum Gasteiger partial charge on any atom is 0.0406 e. The average molecular weight is 478 g/mol. The SMILES string of the molecule is CCC(CC(Cc1ccc2ccccc2c1)N(C)c1ccc2ccccc2c1)c1ccc(Cl)cc1. The van der Waals surface area contributed by atoms with E-state index in [1.807, 2.05) is 12.1 Å². The minimum absolute atomic E-state index is 0.359. The van der Waals surface area contributed by atoms with Crippen LogP contribution in [0.4, 0.5) is 5.69 Å². The zero-order chi connectivity index (χ0) is 24.2. The van der Waals surface area contributed by atoms with Gasteiger partial charge >= 0.3 is 0 Å². The second-order valence-electron chi connectivity index (χ2n) is 9.57. The molecule has 5 rings (SSSR count). The van der Waals surface area contributed by atoms with Gasteiger partial charge in [-0.2, -0.15) is 0 Å². The molecule has 0 fully saturated rings. The average Bonchev–Trinajstić information content (AvgIpc) is 2.91. The highest BCUT2D eigenvalue weighted by Crippen LogP contribution is 2.32. The zero-order valence-electron chi connectivity index (χ0n) is 20.5. The number of anilines is 1. The van der Waals surface area contributed by atoms with Gasteiger partial charge in [0.2, 0.25) is 0 Å². The molecule has 0 amide bonds. The first-order chi connectivity index (χ1) is 17.1. The van der Waals surface area contributed by atoms with Crippen molar-refractivity contribution in [1.29, 1.82) is 0 Å². The van der Waals surface area contributed by atoms with Gasteiger partial charge < -0.3 is 4.90 Å². The third kappa shape index (κ3) is 5.36. The molecule has 5 aromatic rings. The molecule has 0 radical (unpaired) electrons.